The molecule has 0 aliphatic rings. The van der Waals surface area contributed by atoms with Crippen molar-refractivity contribution in [3.05, 3.63) is 75.9 Å². The number of fused-ring (bicyclic) bond motifs is 1. The fourth-order valence-corrected chi connectivity index (χ4v) is 3.88. The van der Waals surface area contributed by atoms with Crippen LogP contribution in [-0.2, 0) is 17.8 Å². The fraction of sp³-hybridized carbons (Fsp3) is 0.269. The zero-order valence-corrected chi connectivity index (χ0v) is 19.1. The molecule has 182 valence electrons. The molecule has 0 unspecified atom stereocenters. The Labute approximate surface area is 203 Å². The fourth-order valence-electron chi connectivity index (χ4n) is 3.88. The van der Waals surface area contributed by atoms with E-state index in [1.54, 1.807) is 13.1 Å². The number of anilines is 2. The molecular weight excluding hydrogens is 449 g/mol. The Hall–Kier alpha value is -4.14. The molecule has 0 saturated heterocycles. The maximum absolute atomic E-state index is 13.9. The molecule has 0 aliphatic carbocycles. The van der Waals surface area contributed by atoms with Gasteiger partial charge in [-0.15, -0.1) is 0 Å². The van der Waals surface area contributed by atoms with Gasteiger partial charge in [0.15, 0.2) is 5.78 Å². The van der Waals surface area contributed by atoms with E-state index in [9.17, 15) is 19.3 Å². The number of para-hydroxylation sites is 1. The molecule has 8 nitrogen and oxygen atoms in total. The van der Waals surface area contributed by atoms with Gasteiger partial charge in [0, 0.05) is 41.3 Å². The Morgan fingerprint density at radius 1 is 1.23 bits per heavy atom. The topological polar surface area (TPSA) is 103 Å². The van der Waals surface area contributed by atoms with E-state index in [1.807, 2.05) is 48.9 Å². The summed E-state index contributed by atoms with van der Waals surface area (Å²) in [6.45, 7) is 5.76. The molecule has 0 atom stereocenters. The van der Waals surface area contributed by atoms with E-state index in [0.717, 1.165) is 34.2 Å². The molecule has 0 aliphatic heterocycles. The van der Waals surface area contributed by atoms with Crippen LogP contribution in [0.3, 0.4) is 0 Å². The van der Waals surface area contributed by atoms with Gasteiger partial charge in [-0.3, -0.25) is 14.9 Å². The number of carbonyl (C=O) groups excluding carboxylic acids is 1. The monoisotopic (exact) mass is 477 g/mol. The molecule has 4 rings (SSSR count). The predicted molar refractivity (Wildman–Crippen MR) is 135 cm³/mol. The quantitative estimate of drug-likeness (QED) is 0.233. The molecule has 0 bridgehead atoms. The van der Waals surface area contributed by atoms with Crippen LogP contribution in [0.5, 0.6) is 0 Å². The van der Waals surface area contributed by atoms with Gasteiger partial charge in [-0.2, -0.15) is 4.39 Å². The van der Waals surface area contributed by atoms with Gasteiger partial charge in [-0.25, -0.2) is 9.97 Å². The highest BCUT2D eigenvalue weighted by Crippen LogP contribution is 2.33. The molecular formula is C26H28FN5O3. The third-order valence-electron chi connectivity index (χ3n) is 5.77. The van der Waals surface area contributed by atoms with Crippen molar-refractivity contribution in [2.45, 2.75) is 47.6 Å². The Kier molecular flexibility index (Phi) is 7.58. The largest absolute Gasteiger partial charge is 0.339 e. The summed E-state index contributed by atoms with van der Waals surface area (Å²) in [5.74, 6) is -0.537. The third kappa shape index (κ3) is 5.03. The maximum atomic E-state index is 13.9. The Balaban J connectivity index is 0.00000342. The van der Waals surface area contributed by atoms with Gasteiger partial charge in [0.25, 0.3) is 0 Å². The van der Waals surface area contributed by atoms with Crippen molar-refractivity contribution in [1.29, 1.82) is 0 Å². The smallest absolute Gasteiger partial charge is 0.306 e. The molecule has 0 spiro atoms. The minimum Gasteiger partial charge on any atom is -0.339 e. The van der Waals surface area contributed by atoms with Crippen molar-refractivity contribution in [3.8, 4) is 11.3 Å². The van der Waals surface area contributed by atoms with Crippen LogP contribution in [-0.4, -0.2) is 25.2 Å². The van der Waals surface area contributed by atoms with Crippen molar-refractivity contribution < 1.29 is 14.1 Å². The number of hydrogen-bond acceptors (Lipinski definition) is 6. The molecule has 0 radical (unpaired) electrons. The Morgan fingerprint density at radius 3 is 2.66 bits per heavy atom. The summed E-state index contributed by atoms with van der Waals surface area (Å²) >= 11 is 0. The summed E-state index contributed by atoms with van der Waals surface area (Å²) in [7, 11) is 0. The van der Waals surface area contributed by atoms with Crippen molar-refractivity contribution in [1.82, 2.24) is 14.5 Å². The van der Waals surface area contributed by atoms with Crippen molar-refractivity contribution in [2.75, 3.05) is 5.32 Å². The highest BCUT2D eigenvalue weighted by atomic mass is 19.1. The standard InChI is InChI=1S/C25H24FN5O3.CH4/c1-4-16-12-27-25(28-21-11-23(31(33)34)20(26)10-15(21)3)29-24(16)19-14-30(13-17(32)5-2)22-9-7-6-8-18(19)22;/h6-12,14H,4-5,13H2,1-3H3,(H,27,28,29);1H4. The van der Waals surface area contributed by atoms with Gasteiger partial charge in [-0.1, -0.05) is 39.5 Å². The van der Waals surface area contributed by atoms with E-state index < -0.39 is 16.4 Å². The van der Waals surface area contributed by atoms with Crippen LogP contribution in [0.1, 0.15) is 38.8 Å². The van der Waals surface area contributed by atoms with Gasteiger partial charge in [0.05, 0.1) is 22.8 Å². The molecule has 2 aromatic heterocycles. The van der Waals surface area contributed by atoms with Crippen LogP contribution in [0.15, 0.2) is 48.8 Å². The molecule has 4 aromatic rings. The number of nitrogens with one attached hydrogen (secondary N) is 1. The van der Waals surface area contributed by atoms with Crippen molar-refractivity contribution >= 4 is 34.0 Å². The van der Waals surface area contributed by atoms with Crippen LogP contribution in [0, 0.1) is 22.9 Å². The van der Waals surface area contributed by atoms with Gasteiger partial charge >= 0.3 is 5.69 Å². The number of halogens is 1. The molecule has 2 heterocycles. The van der Waals surface area contributed by atoms with Gasteiger partial charge in [0.2, 0.25) is 11.8 Å². The first-order valence-electron chi connectivity index (χ1n) is 11.0. The van der Waals surface area contributed by atoms with Gasteiger partial charge in [-0.05, 0) is 36.6 Å². The number of nitrogens with zero attached hydrogens (tertiary/aromatic N) is 4. The summed E-state index contributed by atoms with van der Waals surface area (Å²) in [6, 6.07) is 10.1. The minimum atomic E-state index is -0.898. The first-order chi connectivity index (χ1) is 16.3. The number of benzene rings is 2. The number of aromatic nitrogens is 3. The van der Waals surface area contributed by atoms with E-state index in [2.05, 4.69) is 10.3 Å². The number of ketones is 1. The van der Waals surface area contributed by atoms with Crippen LogP contribution >= 0.6 is 0 Å². The Bertz CT molecular complexity index is 1410. The minimum absolute atomic E-state index is 0. The summed E-state index contributed by atoms with van der Waals surface area (Å²) in [5, 5.41) is 15.1. The number of nitro benzene ring substituents is 1. The van der Waals surface area contributed by atoms with Gasteiger partial charge in [0.1, 0.15) is 0 Å². The SMILES string of the molecule is C.CCC(=O)Cn1cc(-c2nc(Nc3cc([N+](=O)[O-])c(F)cc3C)ncc2CC)c2ccccc21. The number of rotatable bonds is 8. The molecule has 0 saturated carbocycles. The summed E-state index contributed by atoms with van der Waals surface area (Å²) < 4.78 is 15.9. The lowest BCUT2D eigenvalue weighted by atomic mass is 10.0. The highest BCUT2D eigenvalue weighted by molar-refractivity contribution is 5.97. The van der Waals surface area contributed by atoms with Crippen LogP contribution < -0.4 is 5.32 Å². The maximum Gasteiger partial charge on any atom is 0.306 e. The average Bonchev–Trinajstić information content (AvgIpc) is 3.18. The first kappa shape index (κ1) is 25.5. The number of nitro groups is 1. The molecule has 35 heavy (non-hydrogen) atoms. The van der Waals surface area contributed by atoms with Crippen LogP contribution in [0.4, 0.5) is 21.7 Å². The van der Waals surface area contributed by atoms with E-state index in [1.165, 1.54) is 0 Å². The van der Waals surface area contributed by atoms with Gasteiger partial charge < -0.3 is 9.88 Å². The highest BCUT2D eigenvalue weighted by Gasteiger charge is 2.19. The second-order valence-corrected chi connectivity index (χ2v) is 8.00. The third-order valence-corrected chi connectivity index (χ3v) is 5.77. The molecule has 0 fully saturated rings. The lowest BCUT2D eigenvalue weighted by Crippen LogP contribution is -2.07. The lowest BCUT2D eigenvalue weighted by molar-refractivity contribution is -0.387. The molecule has 9 heteroatoms. The number of carbonyl (C=O) groups is 1. The molecule has 0 amide bonds. The van der Waals surface area contributed by atoms with E-state index >= 15 is 0 Å². The number of aryl methyl sites for hydroxylation is 2. The first-order valence-corrected chi connectivity index (χ1v) is 11.0. The Morgan fingerprint density at radius 2 is 1.97 bits per heavy atom. The zero-order chi connectivity index (χ0) is 24.4. The zero-order valence-electron chi connectivity index (χ0n) is 19.1. The number of Topliss-reactive ketones (excluding diaryl/α,β-unsaturated/α-hetero) is 1. The van der Waals surface area contributed by atoms with Crippen molar-refractivity contribution in [3.63, 3.8) is 0 Å². The van der Waals surface area contributed by atoms with Crippen LogP contribution in [0.2, 0.25) is 0 Å². The summed E-state index contributed by atoms with van der Waals surface area (Å²) in [4.78, 5) is 31.6. The molecule has 1 N–H and O–H groups in total. The lowest BCUT2D eigenvalue weighted by Gasteiger charge is -2.12. The normalized spacial score (nSPS) is 10.7. The number of hydrogen-bond donors (Lipinski definition) is 1. The summed E-state index contributed by atoms with van der Waals surface area (Å²) in [5.41, 5.74) is 3.62. The average molecular weight is 478 g/mol. The van der Waals surface area contributed by atoms with Crippen LogP contribution in [0.25, 0.3) is 22.2 Å². The van der Waals surface area contributed by atoms with E-state index in [4.69, 9.17) is 4.98 Å². The summed E-state index contributed by atoms with van der Waals surface area (Å²) in [6.07, 6.45) is 4.77. The predicted octanol–water partition coefficient (Wildman–Crippen LogP) is 6.38. The van der Waals surface area contributed by atoms with E-state index in [0.29, 0.717) is 29.8 Å². The second kappa shape index (κ2) is 10.4. The second-order valence-electron chi connectivity index (χ2n) is 8.00. The van der Waals surface area contributed by atoms with Crippen molar-refractivity contribution in [2.24, 2.45) is 0 Å². The molecule has 2 aromatic carbocycles. The van der Waals surface area contributed by atoms with E-state index in [-0.39, 0.29) is 25.7 Å².